The van der Waals surface area contributed by atoms with E-state index in [0.29, 0.717) is 5.69 Å². The van der Waals surface area contributed by atoms with Crippen LogP contribution in [-0.4, -0.2) is 56.0 Å². The first kappa shape index (κ1) is 16.8. The Labute approximate surface area is 143 Å². The van der Waals surface area contributed by atoms with Gasteiger partial charge in [0.1, 0.15) is 0 Å². The first-order chi connectivity index (χ1) is 11.6. The highest BCUT2D eigenvalue weighted by molar-refractivity contribution is 6.39. The second-order valence-corrected chi connectivity index (χ2v) is 6.75. The van der Waals surface area contributed by atoms with Crippen LogP contribution >= 0.6 is 0 Å². The molecule has 24 heavy (non-hydrogen) atoms. The minimum atomic E-state index is -0.589. The third-order valence-corrected chi connectivity index (χ3v) is 4.89. The number of nitrogens with one attached hydrogen (secondary N) is 2. The molecule has 2 aliphatic rings. The molecule has 0 spiro atoms. The molecule has 0 atom stereocenters. The van der Waals surface area contributed by atoms with Crippen LogP contribution in [0.1, 0.15) is 25.7 Å². The Morgan fingerprint density at radius 1 is 0.958 bits per heavy atom. The third kappa shape index (κ3) is 4.26. The first-order valence-corrected chi connectivity index (χ1v) is 8.77. The van der Waals surface area contributed by atoms with Crippen LogP contribution in [0.4, 0.5) is 11.4 Å². The van der Waals surface area contributed by atoms with Gasteiger partial charge in [-0.1, -0.05) is 12.8 Å². The smallest absolute Gasteiger partial charge is 0.313 e. The van der Waals surface area contributed by atoms with E-state index in [-0.39, 0.29) is 6.04 Å². The molecule has 2 fully saturated rings. The number of hydrogen-bond acceptors (Lipinski definition) is 4. The van der Waals surface area contributed by atoms with Gasteiger partial charge in [0.15, 0.2) is 0 Å². The number of amides is 2. The van der Waals surface area contributed by atoms with Crippen molar-refractivity contribution in [1.82, 2.24) is 10.2 Å². The van der Waals surface area contributed by atoms with Crippen LogP contribution in [0.5, 0.6) is 0 Å². The van der Waals surface area contributed by atoms with E-state index in [4.69, 9.17) is 0 Å². The molecule has 2 amide bonds. The number of benzene rings is 1. The summed E-state index contributed by atoms with van der Waals surface area (Å²) < 4.78 is 0. The van der Waals surface area contributed by atoms with Crippen LogP contribution in [0, 0.1) is 0 Å². The summed E-state index contributed by atoms with van der Waals surface area (Å²) in [6, 6.07) is 7.86. The molecule has 130 valence electrons. The maximum absolute atomic E-state index is 12.0. The van der Waals surface area contributed by atoms with E-state index in [0.717, 1.165) is 57.5 Å². The molecule has 6 nitrogen and oxygen atoms in total. The molecule has 1 aromatic rings. The second kappa shape index (κ2) is 7.66. The lowest BCUT2D eigenvalue weighted by Gasteiger charge is -2.34. The Balaban J connectivity index is 1.51. The highest BCUT2D eigenvalue weighted by atomic mass is 16.2. The Morgan fingerprint density at radius 3 is 2.21 bits per heavy atom. The van der Waals surface area contributed by atoms with Crippen LogP contribution in [-0.2, 0) is 9.59 Å². The number of piperazine rings is 1. The zero-order chi connectivity index (χ0) is 16.9. The molecule has 0 unspecified atom stereocenters. The van der Waals surface area contributed by atoms with Crippen LogP contribution in [0.2, 0.25) is 0 Å². The van der Waals surface area contributed by atoms with E-state index in [9.17, 15) is 9.59 Å². The predicted molar refractivity (Wildman–Crippen MR) is 95.2 cm³/mol. The summed E-state index contributed by atoms with van der Waals surface area (Å²) in [4.78, 5) is 28.5. The SMILES string of the molecule is CN1CCN(c2ccc(NC(=O)C(=O)NC3CCCC3)cc2)CC1. The fourth-order valence-corrected chi connectivity index (χ4v) is 3.33. The van der Waals surface area contributed by atoms with E-state index in [1.807, 2.05) is 24.3 Å². The highest BCUT2D eigenvalue weighted by Crippen LogP contribution is 2.20. The molecule has 1 saturated carbocycles. The average molecular weight is 330 g/mol. The van der Waals surface area contributed by atoms with Gasteiger partial charge in [-0.15, -0.1) is 0 Å². The summed E-state index contributed by atoms with van der Waals surface area (Å²) in [5, 5.41) is 5.48. The van der Waals surface area contributed by atoms with Crippen molar-refractivity contribution in [3.63, 3.8) is 0 Å². The van der Waals surface area contributed by atoms with Gasteiger partial charge in [0, 0.05) is 43.6 Å². The van der Waals surface area contributed by atoms with Crippen molar-refractivity contribution in [3.8, 4) is 0 Å². The summed E-state index contributed by atoms with van der Waals surface area (Å²) in [6.07, 6.45) is 4.19. The minimum absolute atomic E-state index is 0.155. The largest absolute Gasteiger partial charge is 0.369 e. The average Bonchev–Trinajstić information content (AvgIpc) is 3.09. The molecule has 1 saturated heterocycles. The van der Waals surface area contributed by atoms with E-state index < -0.39 is 11.8 Å². The van der Waals surface area contributed by atoms with Crippen LogP contribution < -0.4 is 15.5 Å². The molecule has 1 aliphatic carbocycles. The highest BCUT2D eigenvalue weighted by Gasteiger charge is 2.21. The van der Waals surface area contributed by atoms with Crippen molar-refractivity contribution in [2.24, 2.45) is 0 Å². The van der Waals surface area contributed by atoms with Gasteiger partial charge in [-0.05, 0) is 44.2 Å². The van der Waals surface area contributed by atoms with Crippen molar-refractivity contribution in [2.45, 2.75) is 31.7 Å². The normalized spacial score (nSPS) is 19.3. The van der Waals surface area contributed by atoms with E-state index >= 15 is 0 Å². The van der Waals surface area contributed by atoms with Gasteiger partial charge in [0.25, 0.3) is 0 Å². The molecule has 0 bridgehead atoms. The zero-order valence-electron chi connectivity index (χ0n) is 14.3. The van der Waals surface area contributed by atoms with E-state index in [1.165, 1.54) is 0 Å². The quantitative estimate of drug-likeness (QED) is 0.823. The summed E-state index contributed by atoms with van der Waals surface area (Å²) in [7, 11) is 2.13. The minimum Gasteiger partial charge on any atom is -0.369 e. The van der Waals surface area contributed by atoms with Crippen LogP contribution in [0.3, 0.4) is 0 Å². The number of nitrogens with zero attached hydrogens (tertiary/aromatic N) is 2. The second-order valence-electron chi connectivity index (χ2n) is 6.75. The van der Waals surface area contributed by atoms with Crippen molar-refractivity contribution in [2.75, 3.05) is 43.4 Å². The molecule has 6 heteroatoms. The standard InChI is InChI=1S/C18H26N4O2/c1-21-10-12-22(13-11-21)16-8-6-15(7-9-16)20-18(24)17(23)19-14-4-2-3-5-14/h6-9,14H,2-5,10-13H2,1H3,(H,19,23)(H,20,24). The lowest BCUT2D eigenvalue weighted by atomic mass is 10.2. The molecular weight excluding hydrogens is 304 g/mol. The molecule has 1 heterocycles. The van der Waals surface area contributed by atoms with Crippen molar-refractivity contribution < 1.29 is 9.59 Å². The van der Waals surface area contributed by atoms with Crippen LogP contribution in [0.15, 0.2) is 24.3 Å². The lowest BCUT2D eigenvalue weighted by molar-refractivity contribution is -0.136. The number of hydrogen-bond donors (Lipinski definition) is 2. The number of rotatable bonds is 3. The monoisotopic (exact) mass is 330 g/mol. The molecule has 2 N–H and O–H groups in total. The number of anilines is 2. The number of likely N-dealkylation sites (N-methyl/N-ethyl adjacent to an activating group) is 1. The fourth-order valence-electron chi connectivity index (χ4n) is 3.33. The van der Waals surface area contributed by atoms with Gasteiger partial charge >= 0.3 is 11.8 Å². The van der Waals surface area contributed by atoms with Crippen LogP contribution in [0.25, 0.3) is 0 Å². The van der Waals surface area contributed by atoms with Crippen molar-refractivity contribution in [1.29, 1.82) is 0 Å². The van der Waals surface area contributed by atoms with Crippen molar-refractivity contribution >= 4 is 23.2 Å². The molecule has 1 aliphatic heterocycles. The van der Waals surface area contributed by atoms with Gasteiger partial charge in [0.05, 0.1) is 0 Å². The van der Waals surface area contributed by atoms with Crippen molar-refractivity contribution in [3.05, 3.63) is 24.3 Å². The Hall–Kier alpha value is -2.08. The Kier molecular flexibility index (Phi) is 5.35. The summed E-state index contributed by atoms with van der Waals surface area (Å²) in [6.45, 7) is 4.12. The van der Waals surface area contributed by atoms with Gasteiger partial charge in [-0.25, -0.2) is 0 Å². The maximum Gasteiger partial charge on any atom is 0.313 e. The zero-order valence-corrected chi connectivity index (χ0v) is 14.3. The number of carbonyl (C=O) groups is 2. The maximum atomic E-state index is 12.0. The lowest BCUT2D eigenvalue weighted by Crippen LogP contribution is -2.44. The first-order valence-electron chi connectivity index (χ1n) is 8.77. The third-order valence-electron chi connectivity index (χ3n) is 4.89. The van der Waals surface area contributed by atoms with Gasteiger partial charge in [-0.3, -0.25) is 9.59 Å². The predicted octanol–water partition coefficient (Wildman–Crippen LogP) is 1.44. The molecule has 3 rings (SSSR count). The van der Waals surface area contributed by atoms with Gasteiger partial charge in [0.2, 0.25) is 0 Å². The summed E-state index contributed by atoms with van der Waals surface area (Å²) in [5.41, 5.74) is 1.80. The molecular formula is C18H26N4O2. The van der Waals surface area contributed by atoms with E-state index in [2.05, 4.69) is 27.5 Å². The Bertz CT molecular complexity index is 573. The Morgan fingerprint density at radius 2 is 1.58 bits per heavy atom. The van der Waals surface area contributed by atoms with Gasteiger partial charge in [-0.2, -0.15) is 0 Å². The number of carbonyl (C=O) groups excluding carboxylic acids is 2. The molecule has 0 aromatic heterocycles. The molecule has 1 aromatic carbocycles. The fraction of sp³-hybridized carbons (Fsp3) is 0.556. The summed E-state index contributed by atoms with van der Waals surface area (Å²) >= 11 is 0. The van der Waals surface area contributed by atoms with E-state index in [1.54, 1.807) is 0 Å². The molecule has 0 radical (unpaired) electrons. The summed E-state index contributed by atoms with van der Waals surface area (Å²) in [5.74, 6) is -1.13. The van der Waals surface area contributed by atoms with Gasteiger partial charge < -0.3 is 20.4 Å². The topological polar surface area (TPSA) is 64.7 Å².